The van der Waals surface area contributed by atoms with Crippen molar-refractivity contribution < 1.29 is 19.1 Å². The molecule has 0 radical (unpaired) electrons. The normalized spacial score (nSPS) is 17.0. The van der Waals surface area contributed by atoms with Crippen molar-refractivity contribution in [1.29, 1.82) is 0 Å². The van der Waals surface area contributed by atoms with Crippen LogP contribution in [0, 0.1) is 0 Å². The number of likely N-dealkylation sites (tertiary alicyclic amines) is 1. The summed E-state index contributed by atoms with van der Waals surface area (Å²) in [6.07, 6.45) is 2.31. The second kappa shape index (κ2) is 13.5. The van der Waals surface area contributed by atoms with Crippen molar-refractivity contribution in [2.45, 2.75) is 58.0 Å². The van der Waals surface area contributed by atoms with Gasteiger partial charge in [0.15, 0.2) is 0 Å². The first-order valence-corrected chi connectivity index (χ1v) is 14.8. The zero-order chi connectivity index (χ0) is 30.4. The fourth-order valence-electron chi connectivity index (χ4n) is 5.45. The average molecular weight is 594 g/mol. The summed E-state index contributed by atoms with van der Waals surface area (Å²) in [7, 11) is 1.73. The van der Waals surface area contributed by atoms with Crippen LogP contribution in [0.2, 0.25) is 5.02 Å². The first-order valence-electron chi connectivity index (χ1n) is 14.4. The molecule has 2 amide bonds. The lowest BCUT2D eigenvalue weighted by Crippen LogP contribution is -2.44. The van der Waals surface area contributed by atoms with Gasteiger partial charge < -0.3 is 24.3 Å². The van der Waals surface area contributed by atoms with Crippen LogP contribution in [0.3, 0.4) is 0 Å². The third kappa shape index (κ3) is 7.73. The predicted molar refractivity (Wildman–Crippen MR) is 165 cm³/mol. The second-order valence-electron chi connectivity index (χ2n) is 11.6. The van der Waals surface area contributed by atoms with E-state index in [0.29, 0.717) is 44.1 Å². The van der Waals surface area contributed by atoms with Gasteiger partial charge in [0.25, 0.3) is 5.56 Å². The number of rotatable bonds is 7. The molecule has 2 atom stereocenters. The molecule has 1 saturated heterocycles. The van der Waals surface area contributed by atoms with E-state index in [1.165, 1.54) is 0 Å². The van der Waals surface area contributed by atoms with E-state index in [2.05, 4.69) is 5.32 Å². The Morgan fingerprint density at radius 1 is 1.07 bits per heavy atom. The van der Waals surface area contributed by atoms with Crippen LogP contribution >= 0.6 is 11.6 Å². The number of carbonyl (C=O) groups is 2. The molecule has 0 spiro atoms. The predicted octanol–water partition coefficient (Wildman–Crippen LogP) is 6.50. The van der Waals surface area contributed by atoms with Crippen molar-refractivity contribution in [3.05, 3.63) is 92.9 Å². The van der Waals surface area contributed by atoms with Crippen molar-refractivity contribution in [2.24, 2.45) is 7.05 Å². The number of benzene rings is 2. The quantitative estimate of drug-likeness (QED) is 0.338. The maximum absolute atomic E-state index is 13.0. The summed E-state index contributed by atoms with van der Waals surface area (Å²) < 4.78 is 12.2. The van der Waals surface area contributed by atoms with Gasteiger partial charge in [-0.2, -0.15) is 0 Å². The lowest BCUT2D eigenvalue weighted by atomic mass is 9.76. The molecule has 224 valence electrons. The van der Waals surface area contributed by atoms with E-state index in [1.807, 2.05) is 69.3 Å². The Morgan fingerprint density at radius 3 is 2.52 bits per heavy atom. The summed E-state index contributed by atoms with van der Waals surface area (Å²) in [5, 5.41) is 3.37. The fourth-order valence-corrected chi connectivity index (χ4v) is 5.77. The smallest absolute Gasteiger partial charge is 0.410 e. The van der Waals surface area contributed by atoms with Gasteiger partial charge in [0.05, 0.1) is 6.61 Å². The van der Waals surface area contributed by atoms with Crippen LogP contribution in [-0.2, 0) is 22.9 Å². The Hall–Kier alpha value is -3.78. The molecular weight excluding hydrogens is 554 g/mol. The Bertz CT molecular complexity index is 1480. The van der Waals surface area contributed by atoms with Crippen LogP contribution in [0.5, 0.6) is 0 Å². The lowest BCUT2D eigenvalue weighted by Gasteiger charge is -2.40. The lowest BCUT2D eigenvalue weighted by molar-refractivity contribution is 0.0184. The second-order valence-corrected chi connectivity index (χ2v) is 12.0. The largest absolute Gasteiger partial charge is 0.450 e. The fraction of sp³-hybridized carbons (Fsp3) is 0.424. The van der Waals surface area contributed by atoms with Crippen LogP contribution in [0.1, 0.15) is 62.6 Å². The zero-order valence-corrected chi connectivity index (χ0v) is 25.7. The monoisotopic (exact) mass is 593 g/mol. The molecule has 1 aliphatic rings. The zero-order valence-electron chi connectivity index (χ0n) is 25.0. The molecule has 3 aromatic rings. The Labute approximate surface area is 252 Å². The highest BCUT2D eigenvalue weighted by atomic mass is 35.5. The van der Waals surface area contributed by atoms with Gasteiger partial charge in [-0.15, -0.1) is 0 Å². The summed E-state index contributed by atoms with van der Waals surface area (Å²) in [4.78, 5) is 39.0. The number of piperidine rings is 1. The molecule has 2 heterocycles. The van der Waals surface area contributed by atoms with E-state index in [9.17, 15) is 14.4 Å². The number of pyridine rings is 1. The maximum atomic E-state index is 13.0. The molecule has 1 fully saturated rings. The number of nitrogens with one attached hydrogen (secondary N) is 1. The number of halogens is 1. The van der Waals surface area contributed by atoms with Gasteiger partial charge in [-0.3, -0.25) is 4.79 Å². The summed E-state index contributed by atoms with van der Waals surface area (Å²) in [5.41, 5.74) is 4.24. The molecular formula is C33H40ClN3O5. The SMILES string of the molecule is CCOC(=O)NCCc1ccccc1-c1ccc([C@H]2CN(C(=O)OC(C)(C)C)CC[C@@H]2c2ccn(C)c(=O)c2)c(Cl)c1. The van der Waals surface area contributed by atoms with Gasteiger partial charge in [-0.1, -0.05) is 48.0 Å². The summed E-state index contributed by atoms with van der Waals surface area (Å²) in [6, 6.07) is 17.7. The Kier molecular flexibility index (Phi) is 9.99. The number of amides is 2. The minimum absolute atomic E-state index is 0.00201. The topological polar surface area (TPSA) is 89.9 Å². The molecule has 9 heteroatoms. The van der Waals surface area contributed by atoms with Crippen molar-refractivity contribution in [1.82, 2.24) is 14.8 Å². The number of carbonyl (C=O) groups excluding carboxylic acids is 2. The molecule has 0 bridgehead atoms. The minimum Gasteiger partial charge on any atom is -0.450 e. The number of nitrogens with zero attached hydrogens (tertiary/aromatic N) is 2. The maximum Gasteiger partial charge on any atom is 0.410 e. The number of hydrogen-bond acceptors (Lipinski definition) is 5. The van der Waals surface area contributed by atoms with Crippen LogP contribution in [0.15, 0.2) is 65.6 Å². The van der Waals surface area contributed by atoms with Crippen molar-refractivity contribution in [2.75, 3.05) is 26.2 Å². The van der Waals surface area contributed by atoms with E-state index in [0.717, 1.165) is 27.8 Å². The third-order valence-electron chi connectivity index (χ3n) is 7.49. The van der Waals surface area contributed by atoms with E-state index < -0.39 is 11.7 Å². The molecule has 8 nitrogen and oxygen atoms in total. The molecule has 1 aliphatic heterocycles. The third-order valence-corrected chi connectivity index (χ3v) is 7.82. The van der Waals surface area contributed by atoms with Crippen molar-refractivity contribution in [3.63, 3.8) is 0 Å². The van der Waals surface area contributed by atoms with E-state index in [-0.39, 0.29) is 23.5 Å². The van der Waals surface area contributed by atoms with Gasteiger partial charge in [-0.25, -0.2) is 9.59 Å². The van der Waals surface area contributed by atoms with Crippen molar-refractivity contribution >= 4 is 23.8 Å². The first-order chi connectivity index (χ1) is 20.0. The van der Waals surface area contributed by atoms with Crippen LogP contribution < -0.4 is 10.9 Å². The summed E-state index contributed by atoms with van der Waals surface area (Å²) in [5.74, 6) is -0.133. The molecule has 2 aromatic carbocycles. The highest BCUT2D eigenvalue weighted by Crippen LogP contribution is 2.43. The molecule has 1 N–H and O–H groups in total. The van der Waals surface area contributed by atoms with Gasteiger partial charge in [0.2, 0.25) is 0 Å². The standard InChI is InChI=1S/C33H40ClN3O5/c1-6-41-31(39)35-16-13-22-9-7-8-10-25(22)23-11-12-27(29(34)19-23)28-21-37(32(40)42-33(2,3)4)18-15-26(28)24-14-17-36(5)30(38)20-24/h7-12,14,17,19-20,26,28H,6,13,15-16,18,21H2,1-5H3,(H,35,39)/t26-,28+/m1/s1. The van der Waals surface area contributed by atoms with Gasteiger partial charge in [0.1, 0.15) is 5.60 Å². The molecule has 0 aliphatic carbocycles. The minimum atomic E-state index is -0.604. The molecule has 0 unspecified atom stereocenters. The van der Waals surface area contributed by atoms with Crippen molar-refractivity contribution in [3.8, 4) is 11.1 Å². The number of aromatic nitrogens is 1. The van der Waals surface area contributed by atoms with E-state index >= 15 is 0 Å². The van der Waals surface area contributed by atoms with Crippen LogP contribution in [0.25, 0.3) is 11.1 Å². The molecule has 0 saturated carbocycles. The van der Waals surface area contributed by atoms with E-state index in [4.69, 9.17) is 21.1 Å². The summed E-state index contributed by atoms with van der Waals surface area (Å²) in [6.45, 7) is 9.06. The number of alkyl carbamates (subject to hydrolysis) is 1. The van der Waals surface area contributed by atoms with E-state index in [1.54, 1.807) is 35.7 Å². The molecule has 4 rings (SSSR count). The molecule has 1 aromatic heterocycles. The Morgan fingerprint density at radius 2 is 1.83 bits per heavy atom. The molecule has 42 heavy (non-hydrogen) atoms. The number of ether oxygens (including phenoxy) is 2. The van der Waals surface area contributed by atoms with Crippen LogP contribution in [-0.4, -0.2) is 53.5 Å². The average Bonchev–Trinajstić information content (AvgIpc) is 2.94. The summed E-state index contributed by atoms with van der Waals surface area (Å²) >= 11 is 7.01. The van der Waals surface area contributed by atoms with Gasteiger partial charge in [0, 0.05) is 49.9 Å². The van der Waals surface area contributed by atoms with Gasteiger partial charge in [-0.05, 0) is 86.4 Å². The van der Waals surface area contributed by atoms with Crippen LogP contribution in [0.4, 0.5) is 9.59 Å². The number of hydrogen-bond donors (Lipinski definition) is 1. The Balaban J connectivity index is 1.64. The number of aryl methyl sites for hydroxylation is 1. The highest BCUT2D eigenvalue weighted by Gasteiger charge is 2.36. The van der Waals surface area contributed by atoms with Gasteiger partial charge >= 0.3 is 12.2 Å². The highest BCUT2D eigenvalue weighted by molar-refractivity contribution is 6.31. The first kappa shape index (κ1) is 31.2.